The van der Waals surface area contributed by atoms with E-state index in [4.69, 9.17) is 0 Å². The fraction of sp³-hybridized carbons (Fsp3) is 0.0588. The van der Waals surface area contributed by atoms with Crippen molar-refractivity contribution in [3.8, 4) is 11.3 Å². The number of alkyl halides is 3. The highest BCUT2D eigenvalue weighted by Crippen LogP contribution is 2.38. The molecule has 0 atom stereocenters. The highest BCUT2D eigenvalue weighted by Gasteiger charge is 2.34. The summed E-state index contributed by atoms with van der Waals surface area (Å²) in [6, 6.07) is 11.7. The molecule has 0 aliphatic rings. The third-order valence-corrected chi connectivity index (χ3v) is 4.55. The standard InChI is InChI=1S/C17H9F3N4O4S/c18-17(19,20)15-9-12(10-4-2-1-3-5-10)21-16(22-15)29-14-7-6-11(23(25)26)8-13(14)24(27)28/h1-9H. The summed E-state index contributed by atoms with van der Waals surface area (Å²) < 4.78 is 39.8. The van der Waals surface area contributed by atoms with Crippen molar-refractivity contribution >= 4 is 23.1 Å². The lowest BCUT2D eigenvalue weighted by Crippen LogP contribution is -2.10. The van der Waals surface area contributed by atoms with Crippen LogP contribution in [0.3, 0.4) is 0 Å². The first kappa shape index (κ1) is 20.2. The van der Waals surface area contributed by atoms with E-state index in [1.165, 1.54) is 0 Å². The maximum atomic E-state index is 13.3. The first-order chi connectivity index (χ1) is 13.6. The van der Waals surface area contributed by atoms with Crippen LogP contribution in [0.25, 0.3) is 11.3 Å². The minimum absolute atomic E-state index is 0.0139. The van der Waals surface area contributed by atoms with E-state index in [0.29, 0.717) is 17.3 Å². The van der Waals surface area contributed by atoms with Gasteiger partial charge in [-0.05, 0) is 23.9 Å². The summed E-state index contributed by atoms with van der Waals surface area (Å²) in [4.78, 5) is 27.8. The zero-order valence-corrected chi connectivity index (χ0v) is 15.0. The second-order valence-corrected chi connectivity index (χ2v) is 6.56. The van der Waals surface area contributed by atoms with E-state index in [2.05, 4.69) is 9.97 Å². The number of nitro groups is 2. The van der Waals surface area contributed by atoms with Crippen LogP contribution in [-0.4, -0.2) is 19.8 Å². The van der Waals surface area contributed by atoms with Crippen molar-refractivity contribution in [2.45, 2.75) is 16.2 Å². The van der Waals surface area contributed by atoms with Gasteiger partial charge in [-0.1, -0.05) is 30.3 Å². The van der Waals surface area contributed by atoms with Crippen LogP contribution in [0.2, 0.25) is 0 Å². The van der Waals surface area contributed by atoms with Gasteiger partial charge < -0.3 is 0 Å². The Morgan fingerprint density at radius 1 is 0.897 bits per heavy atom. The van der Waals surface area contributed by atoms with Gasteiger partial charge >= 0.3 is 6.18 Å². The van der Waals surface area contributed by atoms with Crippen molar-refractivity contribution in [3.63, 3.8) is 0 Å². The van der Waals surface area contributed by atoms with E-state index >= 15 is 0 Å². The molecule has 0 bridgehead atoms. The monoisotopic (exact) mass is 422 g/mol. The van der Waals surface area contributed by atoms with Crippen LogP contribution in [-0.2, 0) is 6.18 Å². The van der Waals surface area contributed by atoms with Crippen molar-refractivity contribution in [1.29, 1.82) is 0 Å². The molecular weight excluding hydrogens is 413 g/mol. The van der Waals surface area contributed by atoms with Gasteiger partial charge in [0.05, 0.1) is 26.5 Å². The molecule has 8 nitrogen and oxygen atoms in total. The number of aromatic nitrogens is 2. The van der Waals surface area contributed by atoms with E-state index in [-0.39, 0.29) is 15.7 Å². The van der Waals surface area contributed by atoms with Crippen molar-refractivity contribution in [3.05, 3.63) is 80.5 Å². The second kappa shape index (κ2) is 7.83. The molecule has 0 spiro atoms. The van der Waals surface area contributed by atoms with Gasteiger partial charge in [-0.25, -0.2) is 9.97 Å². The van der Waals surface area contributed by atoms with Gasteiger partial charge in [-0.2, -0.15) is 13.2 Å². The highest BCUT2D eigenvalue weighted by atomic mass is 32.2. The minimum Gasteiger partial charge on any atom is -0.258 e. The molecule has 0 saturated carbocycles. The molecule has 2 aromatic carbocycles. The summed E-state index contributed by atoms with van der Waals surface area (Å²) in [5.41, 5.74) is -1.97. The Hall–Kier alpha value is -3.54. The second-order valence-electron chi connectivity index (χ2n) is 5.55. The molecule has 3 rings (SSSR count). The molecule has 0 unspecified atom stereocenters. The molecule has 1 heterocycles. The molecule has 0 N–H and O–H groups in total. The third-order valence-electron chi connectivity index (χ3n) is 3.62. The molecule has 0 aliphatic carbocycles. The molecule has 0 radical (unpaired) electrons. The molecular formula is C17H9F3N4O4S. The van der Waals surface area contributed by atoms with Crippen LogP contribution >= 0.6 is 11.8 Å². The zero-order valence-electron chi connectivity index (χ0n) is 14.2. The number of benzene rings is 2. The van der Waals surface area contributed by atoms with Gasteiger partial charge in [0.15, 0.2) is 5.16 Å². The summed E-state index contributed by atoms with van der Waals surface area (Å²) >= 11 is 0.516. The van der Waals surface area contributed by atoms with E-state index < -0.39 is 33.1 Å². The topological polar surface area (TPSA) is 112 Å². The van der Waals surface area contributed by atoms with Crippen LogP contribution < -0.4 is 0 Å². The Morgan fingerprint density at radius 3 is 2.17 bits per heavy atom. The normalized spacial score (nSPS) is 11.3. The molecule has 1 aromatic heterocycles. The van der Waals surface area contributed by atoms with Crippen molar-refractivity contribution in [2.75, 3.05) is 0 Å². The van der Waals surface area contributed by atoms with E-state index in [1.54, 1.807) is 30.3 Å². The van der Waals surface area contributed by atoms with Gasteiger partial charge in [0.2, 0.25) is 0 Å². The predicted molar refractivity (Wildman–Crippen MR) is 96.3 cm³/mol. The maximum Gasteiger partial charge on any atom is 0.433 e. The molecule has 0 fully saturated rings. The summed E-state index contributed by atoms with van der Waals surface area (Å²) in [6.45, 7) is 0. The summed E-state index contributed by atoms with van der Waals surface area (Å²) in [7, 11) is 0. The molecule has 0 saturated heterocycles. The summed E-state index contributed by atoms with van der Waals surface area (Å²) in [6.07, 6.45) is -4.76. The Morgan fingerprint density at radius 2 is 1.59 bits per heavy atom. The molecule has 0 aliphatic heterocycles. The first-order valence-electron chi connectivity index (χ1n) is 7.77. The van der Waals surface area contributed by atoms with Gasteiger partial charge in [0.1, 0.15) is 5.69 Å². The van der Waals surface area contributed by atoms with Gasteiger partial charge in [-0.3, -0.25) is 20.2 Å². The predicted octanol–water partition coefficient (Wildman–Crippen LogP) is 5.13. The van der Waals surface area contributed by atoms with Crippen LogP contribution in [0.5, 0.6) is 0 Å². The quantitative estimate of drug-likeness (QED) is 0.318. The minimum atomic E-state index is -4.76. The molecule has 0 amide bonds. The Balaban J connectivity index is 2.10. The van der Waals surface area contributed by atoms with Crippen LogP contribution in [0.1, 0.15) is 5.69 Å². The Bertz CT molecular complexity index is 1090. The van der Waals surface area contributed by atoms with Crippen LogP contribution in [0.4, 0.5) is 24.5 Å². The number of rotatable bonds is 5. The van der Waals surface area contributed by atoms with Crippen molar-refractivity contribution in [1.82, 2.24) is 9.97 Å². The average molecular weight is 422 g/mol. The number of non-ortho nitro benzene ring substituents is 1. The largest absolute Gasteiger partial charge is 0.433 e. The Kier molecular flexibility index (Phi) is 5.46. The van der Waals surface area contributed by atoms with E-state index in [9.17, 15) is 33.4 Å². The number of halogens is 3. The van der Waals surface area contributed by atoms with Gasteiger partial charge in [-0.15, -0.1) is 0 Å². The van der Waals surface area contributed by atoms with E-state index in [0.717, 1.165) is 24.3 Å². The molecule has 12 heteroatoms. The fourth-order valence-electron chi connectivity index (χ4n) is 2.32. The van der Waals surface area contributed by atoms with Gasteiger partial charge in [0, 0.05) is 11.6 Å². The first-order valence-corrected chi connectivity index (χ1v) is 8.59. The summed E-state index contributed by atoms with van der Waals surface area (Å²) in [5.74, 6) is 0. The molecule has 3 aromatic rings. The van der Waals surface area contributed by atoms with Crippen molar-refractivity contribution < 1.29 is 23.0 Å². The fourth-order valence-corrected chi connectivity index (χ4v) is 3.18. The Labute approximate surface area is 164 Å². The van der Waals surface area contributed by atoms with E-state index in [1.807, 2.05) is 0 Å². The third kappa shape index (κ3) is 4.66. The van der Waals surface area contributed by atoms with Crippen LogP contribution in [0, 0.1) is 20.2 Å². The zero-order chi connectivity index (χ0) is 21.2. The van der Waals surface area contributed by atoms with Crippen molar-refractivity contribution in [2.24, 2.45) is 0 Å². The SMILES string of the molecule is O=[N+]([O-])c1ccc(Sc2nc(-c3ccccc3)cc(C(F)(F)F)n2)c([N+](=O)[O-])c1. The molecule has 148 valence electrons. The number of nitro benzene ring substituents is 2. The number of nitrogens with zero attached hydrogens (tertiary/aromatic N) is 4. The smallest absolute Gasteiger partial charge is 0.258 e. The highest BCUT2D eigenvalue weighted by molar-refractivity contribution is 7.99. The lowest BCUT2D eigenvalue weighted by Gasteiger charge is -2.10. The average Bonchev–Trinajstić information content (AvgIpc) is 2.67. The lowest BCUT2D eigenvalue weighted by molar-refractivity contribution is -0.396. The lowest BCUT2D eigenvalue weighted by atomic mass is 10.1. The molecule has 29 heavy (non-hydrogen) atoms. The van der Waals surface area contributed by atoms with Crippen LogP contribution in [0.15, 0.2) is 64.6 Å². The number of hydrogen-bond acceptors (Lipinski definition) is 7. The number of hydrogen-bond donors (Lipinski definition) is 0. The maximum absolute atomic E-state index is 13.3. The summed E-state index contributed by atoms with van der Waals surface area (Å²) in [5, 5.41) is 21.7. The van der Waals surface area contributed by atoms with Gasteiger partial charge in [0.25, 0.3) is 11.4 Å².